The minimum atomic E-state index is -0.724. The maximum Gasteiger partial charge on any atom is 0.261 e. The van der Waals surface area contributed by atoms with Gasteiger partial charge in [0.15, 0.2) is 0 Å². The minimum Gasteiger partial charge on any atom is -0.387 e. The van der Waals surface area contributed by atoms with Gasteiger partial charge in [-0.05, 0) is 48.6 Å². The average molecular weight is 322 g/mol. The van der Waals surface area contributed by atoms with E-state index >= 15 is 0 Å². The van der Waals surface area contributed by atoms with Crippen LogP contribution in [0.2, 0.25) is 5.02 Å². The van der Waals surface area contributed by atoms with Crippen molar-refractivity contribution in [3.05, 3.63) is 56.2 Å². The highest BCUT2D eigenvalue weighted by Crippen LogP contribution is 2.30. The summed E-state index contributed by atoms with van der Waals surface area (Å²) in [5, 5.41) is 13.5. The molecule has 1 aromatic carbocycles. The molecule has 1 unspecified atom stereocenters. The fourth-order valence-electron chi connectivity index (χ4n) is 2.52. The van der Waals surface area contributed by atoms with Gasteiger partial charge < -0.3 is 10.4 Å². The second-order valence-electron chi connectivity index (χ2n) is 5.19. The molecule has 0 radical (unpaired) electrons. The summed E-state index contributed by atoms with van der Waals surface area (Å²) in [5.41, 5.74) is 2.05. The number of benzene rings is 1. The number of carbonyl (C=O) groups is 1. The van der Waals surface area contributed by atoms with Crippen molar-refractivity contribution in [2.75, 3.05) is 6.54 Å². The molecule has 110 valence electrons. The van der Waals surface area contributed by atoms with Crippen molar-refractivity contribution in [1.82, 2.24) is 5.32 Å². The van der Waals surface area contributed by atoms with Crippen LogP contribution in [0.5, 0.6) is 0 Å². The molecule has 1 atom stereocenters. The van der Waals surface area contributed by atoms with E-state index in [1.54, 1.807) is 35.6 Å². The zero-order valence-corrected chi connectivity index (χ0v) is 13.0. The first-order valence-corrected chi connectivity index (χ1v) is 8.16. The molecule has 0 saturated heterocycles. The van der Waals surface area contributed by atoms with Gasteiger partial charge in [-0.2, -0.15) is 0 Å². The summed E-state index contributed by atoms with van der Waals surface area (Å²) in [4.78, 5) is 14.2. The number of hydrogen-bond acceptors (Lipinski definition) is 3. The van der Waals surface area contributed by atoms with Gasteiger partial charge in [0.25, 0.3) is 5.91 Å². The molecule has 1 heterocycles. The van der Waals surface area contributed by atoms with Crippen LogP contribution in [0.1, 0.15) is 38.2 Å². The zero-order chi connectivity index (χ0) is 14.8. The molecule has 5 heteroatoms. The molecule has 1 aliphatic rings. The number of carbonyl (C=O) groups excluding carboxylic acids is 1. The van der Waals surface area contributed by atoms with Crippen molar-refractivity contribution >= 4 is 28.8 Å². The van der Waals surface area contributed by atoms with Gasteiger partial charge in [0, 0.05) is 16.4 Å². The molecule has 2 aromatic rings. The largest absolute Gasteiger partial charge is 0.387 e. The van der Waals surface area contributed by atoms with Gasteiger partial charge in [-0.1, -0.05) is 23.7 Å². The summed E-state index contributed by atoms with van der Waals surface area (Å²) in [6.45, 7) is 0.197. The van der Waals surface area contributed by atoms with Gasteiger partial charge in [0.1, 0.15) is 0 Å². The number of fused-ring (bicyclic) bond motifs is 1. The van der Waals surface area contributed by atoms with Gasteiger partial charge in [-0.15, -0.1) is 11.3 Å². The normalized spacial score (nSPS) is 14.8. The number of thiophene rings is 1. The van der Waals surface area contributed by atoms with E-state index in [4.69, 9.17) is 11.6 Å². The molecule has 0 saturated carbocycles. The molecule has 0 fully saturated rings. The molecule has 2 N–H and O–H groups in total. The lowest BCUT2D eigenvalue weighted by Gasteiger charge is -2.11. The Morgan fingerprint density at radius 3 is 2.81 bits per heavy atom. The fraction of sp³-hybridized carbons (Fsp3) is 0.312. The van der Waals surface area contributed by atoms with Crippen LogP contribution in [-0.4, -0.2) is 17.6 Å². The van der Waals surface area contributed by atoms with E-state index in [9.17, 15) is 9.90 Å². The van der Waals surface area contributed by atoms with Crippen LogP contribution in [-0.2, 0) is 12.8 Å². The van der Waals surface area contributed by atoms with Crippen molar-refractivity contribution < 1.29 is 9.90 Å². The molecule has 1 aliphatic carbocycles. The fourth-order valence-corrected chi connectivity index (χ4v) is 3.82. The summed E-state index contributed by atoms with van der Waals surface area (Å²) in [6, 6.07) is 8.96. The first kappa shape index (κ1) is 14.6. The Balaban J connectivity index is 1.58. The lowest BCUT2D eigenvalue weighted by atomic mass is 10.1. The summed E-state index contributed by atoms with van der Waals surface area (Å²) < 4.78 is 0. The third kappa shape index (κ3) is 3.28. The molecule has 21 heavy (non-hydrogen) atoms. The molecule has 3 rings (SSSR count). The number of amides is 1. The molecule has 0 aliphatic heterocycles. The molecular formula is C16H16ClNO2S. The molecule has 0 bridgehead atoms. The minimum absolute atomic E-state index is 0.109. The van der Waals surface area contributed by atoms with Crippen LogP contribution in [0.25, 0.3) is 0 Å². The van der Waals surface area contributed by atoms with Gasteiger partial charge >= 0.3 is 0 Å². The van der Waals surface area contributed by atoms with E-state index in [-0.39, 0.29) is 12.5 Å². The third-order valence-electron chi connectivity index (χ3n) is 3.68. The summed E-state index contributed by atoms with van der Waals surface area (Å²) in [6.07, 6.45) is 2.63. The lowest BCUT2D eigenvalue weighted by Crippen LogP contribution is -2.27. The highest BCUT2D eigenvalue weighted by Gasteiger charge is 2.19. The van der Waals surface area contributed by atoms with Crippen molar-refractivity contribution in [1.29, 1.82) is 0 Å². The van der Waals surface area contributed by atoms with Crippen molar-refractivity contribution in [2.24, 2.45) is 0 Å². The zero-order valence-electron chi connectivity index (χ0n) is 11.4. The number of hydrogen-bond donors (Lipinski definition) is 2. The Morgan fingerprint density at radius 2 is 2.10 bits per heavy atom. The Hall–Kier alpha value is -1.36. The van der Waals surface area contributed by atoms with Gasteiger partial charge in [-0.25, -0.2) is 0 Å². The summed E-state index contributed by atoms with van der Waals surface area (Å²) in [5.74, 6) is -0.109. The number of aliphatic hydroxyl groups excluding tert-OH is 1. The number of aliphatic hydroxyl groups is 1. The maximum absolute atomic E-state index is 12.1. The standard InChI is InChI=1S/C16H16ClNO2S/c17-12-6-4-10(5-7-12)13(19)9-18-16(20)15-8-11-2-1-3-14(11)21-15/h4-8,13,19H,1-3,9H2,(H,18,20). The SMILES string of the molecule is O=C(NCC(O)c1ccc(Cl)cc1)c1cc2c(s1)CCC2. The number of rotatable bonds is 4. The first-order chi connectivity index (χ1) is 10.1. The molecule has 0 spiro atoms. The van der Waals surface area contributed by atoms with Crippen LogP contribution in [0.4, 0.5) is 0 Å². The number of halogens is 1. The Bertz CT molecular complexity index is 629. The first-order valence-electron chi connectivity index (χ1n) is 6.97. The quantitative estimate of drug-likeness (QED) is 0.907. The second-order valence-corrected chi connectivity index (χ2v) is 6.76. The summed E-state index contributed by atoms with van der Waals surface area (Å²) in [7, 11) is 0. The highest BCUT2D eigenvalue weighted by molar-refractivity contribution is 7.14. The predicted octanol–water partition coefficient (Wildman–Crippen LogP) is 3.35. The average Bonchev–Trinajstić information content (AvgIpc) is 3.06. The molecular weight excluding hydrogens is 306 g/mol. The van der Waals surface area contributed by atoms with Crippen molar-refractivity contribution in [3.63, 3.8) is 0 Å². The smallest absolute Gasteiger partial charge is 0.261 e. The van der Waals surface area contributed by atoms with Crippen LogP contribution < -0.4 is 5.32 Å². The van der Waals surface area contributed by atoms with Crippen molar-refractivity contribution in [2.45, 2.75) is 25.4 Å². The topological polar surface area (TPSA) is 49.3 Å². The third-order valence-corrected chi connectivity index (χ3v) is 5.17. The maximum atomic E-state index is 12.1. The van der Waals surface area contributed by atoms with E-state index in [2.05, 4.69) is 5.32 Å². The van der Waals surface area contributed by atoms with Gasteiger partial charge in [0.05, 0.1) is 11.0 Å². The highest BCUT2D eigenvalue weighted by atomic mass is 35.5. The Morgan fingerprint density at radius 1 is 1.33 bits per heavy atom. The summed E-state index contributed by atoms with van der Waals surface area (Å²) >= 11 is 7.38. The Kier molecular flexibility index (Phi) is 4.29. The van der Waals surface area contributed by atoms with E-state index in [0.29, 0.717) is 5.02 Å². The van der Waals surface area contributed by atoms with Crippen LogP contribution in [0, 0.1) is 0 Å². The lowest BCUT2D eigenvalue weighted by molar-refractivity contribution is 0.0920. The van der Waals surface area contributed by atoms with E-state index in [1.165, 1.54) is 16.9 Å². The molecule has 3 nitrogen and oxygen atoms in total. The van der Waals surface area contributed by atoms with E-state index < -0.39 is 6.10 Å². The second kappa shape index (κ2) is 6.18. The Labute approximate surface area is 132 Å². The van der Waals surface area contributed by atoms with Crippen molar-refractivity contribution in [3.8, 4) is 0 Å². The van der Waals surface area contributed by atoms with Crippen LogP contribution in [0.3, 0.4) is 0 Å². The number of nitrogens with one attached hydrogen (secondary N) is 1. The number of aryl methyl sites for hydroxylation is 2. The van der Waals surface area contributed by atoms with E-state index in [0.717, 1.165) is 23.3 Å². The van der Waals surface area contributed by atoms with E-state index in [1.807, 2.05) is 6.07 Å². The van der Waals surface area contributed by atoms with Crippen LogP contribution >= 0.6 is 22.9 Å². The monoisotopic (exact) mass is 321 g/mol. The van der Waals surface area contributed by atoms with Crippen LogP contribution in [0.15, 0.2) is 30.3 Å². The van der Waals surface area contributed by atoms with Gasteiger partial charge in [-0.3, -0.25) is 4.79 Å². The molecule has 1 aromatic heterocycles. The van der Waals surface area contributed by atoms with Gasteiger partial charge in [0.2, 0.25) is 0 Å². The molecule has 1 amide bonds. The predicted molar refractivity (Wildman–Crippen MR) is 85.1 cm³/mol.